The van der Waals surface area contributed by atoms with Gasteiger partial charge in [-0.3, -0.25) is 24.2 Å². The van der Waals surface area contributed by atoms with E-state index in [9.17, 15) is 14.4 Å². The van der Waals surface area contributed by atoms with Crippen molar-refractivity contribution in [1.82, 2.24) is 20.0 Å². The van der Waals surface area contributed by atoms with Gasteiger partial charge in [-0.2, -0.15) is 0 Å². The van der Waals surface area contributed by atoms with Crippen LogP contribution in [0.25, 0.3) is 0 Å². The Morgan fingerprint density at radius 3 is 2.42 bits per heavy atom. The zero-order valence-electron chi connectivity index (χ0n) is 22.0. The van der Waals surface area contributed by atoms with E-state index in [0.29, 0.717) is 18.8 Å². The van der Waals surface area contributed by atoms with Crippen molar-refractivity contribution in [2.24, 2.45) is 0 Å². The number of benzene rings is 2. The number of carbonyl (C=O) groups excluding carboxylic acids is 3. The van der Waals surface area contributed by atoms with Gasteiger partial charge in [-0.25, -0.2) is 0 Å². The van der Waals surface area contributed by atoms with Crippen LogP contribution in [0.4, 0.5) is 5.69 Å². The number of aryl methyl sites for hydroxylation is 2. The van der Waals surface area contributed by atoms with Gasteiger partial charge < -0.3 is 25.0 Å². The van der Waals surface area contributed by atoms with Crippen molar-refractivity contribution >= 4 is 23.4 Å². The molecule has 2 aromatic rings. The van der Waals surface area contributed by atoms with Gasteiger partial charge >= 0.3 is 0 Å². The van der Waals surface area contributed by atoms with Crippen LogP contribution >= 0.6 is 0 Å². The lowest BCUT2D eigenvalue weighted by Gasteiger charge is -2.38. The normalized spacial score (nSPS) is 19.8. The Labute approximate surface area is 222 Å². The van der Waals surface area contributed by atoms with E-state index in [1.807, 2.05) is 44.2 Å². The summed E-state index contributed by atoms with van der Waals surface area (Å²) in [7, 11) is 0. The summed E-state index contributed by atoms with van der Waals surface area (Å²) in [6.07, 6.45) is -0.0755. The molecule has 2 N–H and O–H groups in total. The highest BCUT2D eigenvalue weighted by Crippen LogP contribution is 2.32. The second kappa shape index (κ2) is 11.4. The fourth-order valence-corrected chi connectivity index (χ4v) is 5.34. The third-order valence-electron chi connectivity index (χ3n) is 7.20. The number of fused-ring (bicyclic) bond motifs is 1. The first kappa shape index (κ1) is 26.0. The molecule has 10 heteroatoms. The Balaban J connectivity index is 1.12. The van der Waals surface area contributed by atoms with Crippen molar-refractivity contribution in [2.75, 3.05) is 57.9 Å². The van der Waals surface area contributed by atoms with Crippen molar-refractivity contribution in [1.29, 1.82) is 0 Å². The number of hydrogen-bond donors (Lipinski definition) is 2. The molecule has 0 bridgehead atoms. The van der Waals surface area contributed by atoms with Crippen LogP contribution in [0.5, 0.6) is 11.5 Å². The lowest BCUT2D eigenvalue weighted by Crippen LogP contribution is -2.60. The monoisotopic (exact) mass is 521 g/mol. The molecule has 0 saturated carbocycles. The topological polar surface area (TPSA) is 103 Å². The van der Waals surface area contributed by atoms with E-state index in [2.05, 4.69) is 26.5 Å². The standard InChI is InChI=1S/C28H35N5O5/c1-19-11-20(2)13-22(12-19)30-26(34)15-23-28(36)29-5-6-33(23)27(35)17-32-9-7-31(8-10-32)16-21-3-4-24-25(14-21)38-18-37-24/h3-4,11-14,23H,5-10,15-18H2,1-2H3,(H,29,36)(H,30,34)/t23-/m0/s1. The number of amides is 3. The molecule has 202 valence electrons. The number of carbonyl (C=O) groups is 3. The van der Waals surface area contributed by atoms with Gasteiger partial charge in [-0.05, 0) is 54.8 Å². The lowest BCUT2D eigenvalue weighted by molar-refractivity contribution is -0.145. The van der Waals surface area contributed by atoms with Crippen LogP contribution in [0.15, 0.2) is 36.4 Å². The molecule has 2 aromatic carbocycles. The Hall–Kier alpha value is -3.63. The second-order valence-corrected chi connectivity index (χ2v) is 10.3. The summed E-state index contributed by atoms with van der Waals surface area (Å²) < 4.78 is 10.9. The maximum Gasteiger partial charge on any atom is 0.243 e. The Morgan fingerprint density at radius 1 is 0.947 bits per heavy atom. The molecule has 0 unspecified atom stereocenters. The fraction of sp³-hybridized carbons (Fsp3) is 0.464. The van der Waals surface area contributed by atoms with Crippen LogP contribution in [0, 0.1) is 13.8 Å². The van der Waals surface area contributed by atoms with Crippen molar-refractivity contribution in [2.45, 2.75) is 32.9 Å². The molecule has 3 heterocycles. The molecule has 1 atom stereocenters. The zero-order chi connectivity index (χ0) is 26.6. The number of ether oxygens (including phenoxy) is 2. The quantitative estimate of drug-likeness (QED) is 0.569. The number of anilines is 1. The maximum atomic E-state index is 13.3. The fourth-order valence-electron chi connectivity index (χ4n) is 5.34. The van der Waals surface area contributed by atoms with Gasteiger partial charge in [0.15, 0.2) is 11.5 Å². The average Bonchev–Trinajstić information content (AvgIpc) is 3.34. The Morgan fingerprint density at radius 2 is 1.66 bits per heavy atom. The van der Waals surface area contributed by atoms with E-state index >= 15 is 0 Å². The Bertz CT molecular complexity index is 1190. The van der Waals surface area contributed by atoms with Crippen molar-refractivity contribution < 1.29 is 23.9 Å². The van der Waals surface area contributed by atoms with Crippen molar-refractivity contribution in [3.8, 4) is 11.5 Å². The van der Waals surface area contributed by atoms with Crippen LogP contribution in [0.1, 0.15) is 23.1 Å². The first-order valence-corrected chi connectivity index (χ1v) is 13.1. The van der Waals surface area contributed by atoms with Gasteiger partial charge in [-0.15, -0.1) is 0 Å². The van der Waals surface area contributed by atoms with Crippen LogP contribution in [0.3, 0.4) is 0 Å². The summed E-state index contributed by atoms with van der Waals surface area (Å²) in [6, 6.07) is 11.0. The van der Waals surface area contributed by atoms with E-state index in [4.69, 9.17) is 9.47 Å². The summed E-state index contributed by atoms with van der Waals surface area (Å²) in [6.45, 7) is 9.23. The molecule has 3 amide bonds. The first-order chi connectivity index (χ1) is 18.3. The van der Waals surface area contributed by atoms with Gasteiger partial charge in [0.05, 0.1) is 13.0 Å². The molecule has 38 heavy (non-hydrogen) atoms. The predicted octanol–water partition coefficient (Wildman–Crippen LogP) is 1.51. The molecule has 2 fully saturated rings. The third kappa shape index (κ3) is 6.25. The number of nitrogens with zero attached hydrogens (tertiary/aromatic N) is 3. The second-order valence-electron chi connectivity index (χ2n) is 10.3. The molecule has 5 rings (SSSR count). The molecule has 0 spiro atoms. The third-order valence-corrected chi connectivity index (χ3v) is 7.20. The van der Waals surface area contributed by atoms with Crippen LogP contribution in [0.2, 0.25) is 0 Å². The minimum absolute atomic E-state index is 0.0755. The summed E-state index contributed by atoms with van der Waals surface area (Å²) in [5.41, 5.74) is 3.95. The van der Waals surface area contributed by atoms with E-state index in [-0.39, 0.29) is 37.5 Å². The maximum absolute atomic E-state index is 13.3. The summed E-state index contributed by atoms with van der Waals surface area (Å²) in [5.74, 6) is 0.882. The molecule has 0 aromatic heterocycles. The van der Waals surface area contributed by atoms with Gasteiger partial charge in [0.1, 0.15) is 6.04 Å². The van der Waals surface area contributed by atoms with E-state index < -0.39 is 6.04 Å². The summed E-state index contributed by atoms with van der Waals surface area (Å²) in [5, 5.41) is 5.69. The van der Waals surface area contributed by atoms with E-state index in [1.165, 1.54) is 5.56 Å². The van der Waals surface area contributed by atoms with Gasteiger partial charge in [0.25, 0.3) is 0 Å². The largest absolute Gasteiger partial charge is 0.454 e. The highest BCUT2D eigenvalue weighted by molar-refractivity contribution is 5.97. The summed E-state index contributed by atoms with van der Waals surface area (Å²) >= 11 is 0. The van der Waals surface area contributed by atoms with Crippen LogP contribution in [-0.2, 0) is 20.9 Å². The number of nitrogens with one attached hydrogen (secondary N) is 2. The molecule has 3 aliphatic heterocycles. The molecular formula is C28H35N5O5. The SMILES string of the molecule is Cc1cc(C)cc(NC(=O)C[C@H]2C(=O)NCCN2C(=O)CN2CCN(Cc3ccc4c(c3)OCO4)CC2)c1. The average molecular weight is 522 g/mol. The first-order valence-electron chi connectivity index (χ1n) is 13.1. The highest BCUT2D eigenvalue weighted by atomic mass is 16.7. The molecule has 0 aliphatic carbocycles. The van der Waals surface area contributed by atoms with Crippen LogP contribution in [-0.4, -0.2) is 91.1 Å². The molecule has 3 aliphatic rings. The minimum atomic E-state index is -0.811. The smallest absolute Gasteiger partial charge is 0.243 e. The van der Waals surface area contributed by atoms with Gasteiger partial charge in [0.2, 0.25) is 24.5 Å². The van der Waals surface area contributed by atoms with E-state index in [0.717, 1.165) is 55.3 Å². The van der Waals surface area contributed by atoms with Gasteiger partial charge in [-0.1, -0.05) is 12.1 Å². The zero-order valence-corrected chi connectivity index (χ0v) is 22.0. The van der Waals surface area contributed by atoms with Crippen molar-refractivity contribution in [3.63, 3.8) is 0 Å². The molecule has 10 nitrogen and oxygen atoms in total. The number of piperazine rings is 2. The molecule has 2 saturated heterocycles. The number of hydrogen-bond acceptors (Lipinski definition) is 7. The van der Waals surface area contributed by atoms with Gasteiger partial charge in [0, 0.05) is 51.5 Å². The highest BCUT2D eigenvalue weighted by Gasteiger charge is 2.35. The molecular weight excluding hydrogens is 486 g/mol. The van der Waals surface area contributed by atoms with Crippen molar-refractivity contribution in [3.05, 3.63) is 53.1 Å². The predicted molar refractivity (Wildman–Crippen MR) is 142 cm³/mol. The molecule has 0 radical (unpaired) electrons. The lowest BCUT2D eigenvalue weighted by atomic mass is 10.1. The number of rotatable bonds is 7. The summed E-state index contributed by atoms with van der Waals surface area (Å²) in [4.78, 5) is 44.8. The minimum Gasteiger partial charge on any atom is -0.454 e. The van der Waals surface area contributed by atoms with Crippen LogP contribution < -0.4 is 20.1 Å². The van der Waals surface area contributed by atoms with E-state index in [1.54, 1.807) is 4.90 Å². The Kier molecular flexibility index (Phi) is 7.80.